The van der Waals surface area contributed by atoms with Crippen molar-refractivity contribution in [3.05, 3.63) is 106 Å². The number of nitrogens with zero attached hydrogens (tertiary/aromatic N) is 7. The highest BCUT2D eigenvalue weighted by Crippen LogP contribution is 2.34. The maximum absolute atomic E-state index is 14.0. The van der Waals surface area contributed by atoms with Gasteiger partial charge in [0.25, 0.3) is 17.7 Å². The number of primary amides is 1. The zero-order chi connectivity index (χ0) is 47.2. The fraction of sp³-hybridized carbons (Fsp3) is 0.304. The third-order valence-electron chi connectivity index (χ3n) is 10.9. The summed E-state index contributed by atoms with van der Waals surface area (Å²) in [6, 6.07) is 10.7. The van der Waals surface area contributed by atoms with E-state index in [1.54, 1.807) is 45.9 Å². The quantitative estimate of drug-likeness (QED) is 0.0466. The highest BCUT2D eigenvalue weighted by Gasteiger charge is 2.25. The molecule has 5 heterocycles. The van der Waals surface area contributed by atoms with Gasteiger partial charge in [0.2, 0.25) is 17.8 Å². The van der Waals surface area contributed by atoms with E-state index < -0.39 is 29.6 Å². The Kier molecular flexibility index (Phi) is 13.7. The third-order valence-corrected chi connectivity index (χ3v) is 10.9. The minimum Gasteiger partial charge on any atom is -0.491 e. The van der Waals surface area contributed by atoms with Crippen molar-refractivity contribution in [2.75, 3.05) is 23.8 Å². The number of hydrogen-bond donors (Lipinski definition) is 6. The van der Waals surface area contributed by atoms with Crippen LogP contribution in [0.1, 0.15) is 93.5 Å². The van der Waals surface area contributed by atoms with Gasteiger partial charge in [-0.25, -0.2) is 14.8 Å². The van der Waals surface area contributed by atoms with Gasteiger partial charge in [-0.1, -0.05) is 26.0 Å². The van der Waals surface area contributed by atoms with Gasteiger partial charge in [-0.2, -0.15) is 5.10 Å². The molecule has 0 spiro atoms. The van der Waals surface area contributed by atoms with Gasteiger partial charge in [0.05, 0.1) is 47.7 Å². The number of hydrogen-bond acceptors (Lipinski definition) is 12. The van der Waals surface area contributed by atoms with Gasteiger partial charge in [-0.3, -0.25) is 39.5 Å². The fourth-order valence-corrected chi connectivity index (χ4v) is 7.52. The summed E-state index contributed by atoms with van der Waals surface area (Å²) in [5.41, 5.74) is 9.31. The molecule has 4 aromatic heterocycles. The number of aryl methyl sites for hydroxylation is 2. The smallest absolute Gasteiger partial charge is 0.337 e. The highest BCUT2D eigenvalue weighted by atomic mass is 16.5. The molecular formula is C46H50N12O8. The van der Waals surface area contributed by atoms with E-state index in [2.05, 4.69) is 26.0 Å². The molecular weight excluding hydrogens is 849 g/mol. The van der Waals surface area contributed by atoms with Crippen LogP contribution in [-0.4, -0.2) is 87.5 Å². The van der Waals surface area contributed by atoms with Crippen LogP contribution in [0.15, 0.2) is 72.5 Å². The molecule has 1 atom stereocenters. The maximum Gasteiger partial charge on any atom is 0.337 e. The second-order valence-electron chi connectivity index (χ2n) is 15.6. The lowest BCUT2D eigenvalue weighted by molar-refractivity contribution is -0.113. The summed E-state index contributed by atoms with van der Waals surface area (Å²) in [6.45, 7) is 9.81. The number of carbonyl (C=O) groups is 5. The van der Waals surface area contributed by atoms with E-state index >= 15 is 0 Å². The summed E-state index contributed by atoms with van der Waals surface area (Å²) in [5, 5.41) is 30.8. The molecule has 0 fully saturated rings. The summed E-state index contributed by atoms with van der Waals surface area (Å²) < 4.78 is 17.8. The number of amides is 4. The van der Waals surface area contributed by atoms with E-state index in [1.807, 2.05) is 32.9 Å². The van der Waals surface area contributed by atoms with Crippen molar-refractivity contribution >= 4 is 69.3 Å². The van der Waals surface area contributed by atoms with Crippen LogP contribution in [-0.2, 0) is 31.0 Å². The number of nitrogens with one attached hydrogen (secondary N) is 4. The normalized spacial score (nSPS) is 14.0. The van der Waals surface area contributed by atoms with Crippen molar-refractivity contribution in [2.24, 2.45) is 11.7 Å². The van der Waals surface area contributed by atoms with Crippen LogP contribution in [0, 0.1) is 18.3 Å². The highest BCUT2D eigenvalue weighted by molar-refractivity contribution is 6.09. The largest absolute Gasteiger partial charge is 0.491 e. The second kappa shape index (κ2) is 19.7. The van der Waals surface area contributed by atoms with Crippen LogP contribution in [0.3, 0.4) is 0 Å². The number of allylic oxidation sites excluding steroid dienone is 3. The lowest BCUT2D eigenvalue weighted by atomic mass is 9.96. The monoisotopic (exact) mass is 898 g/mol. The van der Waals surface area contributed by atoms with Gasteiger partial charge in [0.15, 0.2) is 0 Å². The summed E-state index contributed by atoms with van der Waals surface area (Å²) in [7, 11) is 0. The van der Waals surface area contributed by atoms with Gasteiger partial charge in [-0.15, -0.1) is 0 Å². The van der Waals surface area contributed by atoms with Gasteiger partial charge >= 0.3 is 5.97 Å². The Labute approximate surface area is 378 Å². The summed E-state index contributed by atoms with van der Waals surface area (Å²) in [5.74, 6) is -2.70. The van der Waals surface area contributed by atoms with Crippen LogP contribution < -0.4 is 31.2 Å². The molecule has 0 aliphatic carbocycles. The number of nitrogens with two attached hydrogens (primary N) is 1. The van der Waals surface area contributed by atoms with E-state index in [0.717, 1.165) is 0 Å². The molecule has 0 saturated carbocycles. The molecule has 1 aliphatic rings. The number of carbonyl (C=O) groups excluding carboxylic acids is 4. The first-order valence-electron chi connectivity index (χ1n) is 21.3. The van der Waals surface area contributed by atoms with E-state index in [9.17, 15) is 29.1 Å². The molecule has 7 rings (SSSR count). The fourth-order valence-electron chi connectivity index (χ4n) is 7.52. The van der Waals surface area contributed by atoms with Crippen molar-refractivity contribution in [1.29, 1.82) is 5.41 Å². The van der Waals surface area contributed by atoms with Gasteiger partial charge < -0.3 is 40.2 Å². The Morgan fingerprint density at radius 3 is 2.12 bits per heavy atom. The number of anilines is 2. The first kappa shape index (κ1) is 45.9. The summed E-state index contributed by atoms with van der Waals surface area (Å²) in [4.78, 5) is 79.6. The van der Waals surface area contributed by atoms with Crippen LogP contribution in [0.5, 0.6) is 11.5 Å². The number of pyridine rings is 1. The van der Waals surface area contributed by atoms with Crippen LogP contribution in [0.2, 0.25) is 0 Å². The standard InChI is InChI=1S/C46H50N12O8/c1-6-25(3)31(18-26(4)47)42(61)53-45-52-33-21-29(41(60)50-24-34-30(44(63)64)12-10-13-49-34)23-37-39(33)56(45)14-8-9-15-57-38-32(20-28(40(48)59)22-36(38)65-16-11-17-66-37)51-46(57)54-43(62)35-19-27(5)55-58(35)7-2/h8-10,12-13,18-23,25,47H,6-7,11,14-17,24H2,1-5H3,(H2,48,59)(H,50,60)(H,63,64)(H,51,54,62)(H,52,53,61)/b9-8+,31-18+,47-26?. The molecule has 1 aliphatic heterocycles. The molecule has 342 valence electrons. The number of ether oxygens (including phenoxy) is 2. The Bertz CT molecular complexity index is 2980. The molecule has 4 amide bonds. The number of aromatic carboxylic acids is 1. The molecule has 20 nitrogen and oxygen atoms in total. The van der Waals surface area contributed by atoms with Gasteiger partial charge in [0, 0.05) is 54.7 Å². The molecule has 0 saturated heterocycles. The second-order valence-corrected chi connectivity index (χ2v) is 15.6. The lowest BCUT2D eigenvalue weighted by Gasteiger charge is -2.16. The molecule has 0 radical (unpaired) electrons. The molecule has 0 bridgehead atoms. The Balaban J connectivity index is 1.31. The summed E-state index contributed by atoms with van der Waals surface area (Å²) >= 11 is 0. The molecule has 2 aromatic carbocycles. The van der Waals surface area contributed by atoms with Crippen LogP contribution in [0.4, 0.5) is 11.9 Å². The number of carboxylic acids is 1. The number of imidazole rings is 2. The zero-order valence-corrected chi connectivity index (χ0v) is 37.1. The average Bonchev–Trinajstić information content (AvgIpc) is 3.96. The average molecular weight is 899 g/mol. The number of benzene rings is 2. The first-order chi connectivity index (χ1) is 31.7. The van der Waals surface area contributed by atoms with Crippen LogP contribution in [0.25, 0.3) is 22.1 Å². The van der Waals surface area contributed by atoms with Crippen molar-refractivity contribution in [3.8, 4) is 11.5 Å². The Morgan fingerprint density at radius 1 is 0.909 bits per heavy atom. The molecule has 7 N–H and O–H groups in total. The topological polar surface area (TPSA) is 276 Å². The van der Waals surface area contributed by atoms with Crippen molar-refractivity contribution in [1.82, 2.24) is 39.2 Å². The van der Waals surface area contributed by atoms with Crippen molar-refractivity contribution in [3.63, 3.8) is 0 Å². The predicted molar refractivity (Wildman–Crippen MR) is 245 cm³/mol. The zero-order valence-electron chi connectivity index (χ0n) is 37.1. The minimum atomic E-state index is -1.19. The molecule has 6 aromatic rings. The number of aromatic nitrogens is 7. The van der Waals surface area contributed by atoms with Crippen molar-refractivity contribution in [2.45, 2.75) is 73.6 Å². The van der Waals surface area contributed by atoms with E-state index in [1.165, 1.54) is 36.5 Å². The van der Waals surface area contributed by atoms with E-state index in [-0.39, 0.29) is 90.3 Å². The Hall–Kier alpha value is -8.16. The summed E-state index contributed by atoms with van der Waals surface area (Å²) in [6.07, 6.45) is 7.56. The van der Waals surface area contributed by atoms with Gasteiger partial charge in [0.1, 0.15) is 28.2 Å². The Morgan fingerprint density at radius 2 is 1.53 bits per heavy atom. The van der Waals surface area contributed by atoms with Crippen molar-refractivity contribution < 1.29 is 38.6 Å². The van der Waals surface area contributed by atoms with Crippen LogP contribution >= 0.6 is 0 Å². The minimum absolute atomic E-state index is 0.0538. The SMILES string of the molecule is CCC(C)/C(=C\C(C)=N)C(=O)Nc1nc2cc(C(=O)NCc3ncccc3C(=O)O)cc3c2n1C/C=C/Cn1c(NC(=O)c2cc(C)nn2CC)nc2cc(C(N)=O)cc(c21)OCCCO3. The number of carboxylic acid groups (broad SMARTS) is 1. The lowest BCUT2D eigenvalue weighted by Crippen LogP contribution is -2.24. The predicted octanol–water partition coefficient (Wildman–Crippen LogP) is 5.65. The van der Waals surface area contributed by atoms with E-state index in [0.29, 0.717) is 58.4 Å². The molecule has 20 heteroatoms. The molecule has 66 heavy (non-hydrogen) atoms. The third kappa shape index (κ3) is 9.81. The van der Waals surface area contributed by atoms with E-state index in [4.69, 9.17) is 30.6 Å². The first-order valence-corrected chi connectivity index (χ1v) is 21.3. The maximum atomic E-state index is 14.0. The number of rotatable bonds is 13. The molecule has 1 unspecified atom stereocenters. The van der Waals surface area contributed by atoms with Gasteiger partial charge in [-0.05, 0) is 81.7 Å².